The molecule has 0 aliphatic carbocycles. The minimum Gasteiger partial charge on any atom is -0.374 e. The first kappa shape index (κ1) is 43.3. The molecule has 6 unspecified atom stereocenters. The molecule has 328 valence electrons. The number of hydrogen-bond acceptors (Lipinski definition) is 8. The lowest BCUT2D eigenvalue weighted by molar-refractivity contribution is -0.368. The van der Waals surface area contributed by atoms with Gasteiger partial charge in [-0.2, -0.15) is 0 Å². The third-order valence-corrected chi connectivity index (χ3v) is 11.9. The summed E-state index contributed by atoms with van der Waals surface area (Å²) in [6.07, 6.45) is -0.304. The molecule has 7 aromatic rings. The minimum atomic E-state index is -1.57. The van der Waals surface area contributed by atoms with E-state index in [0.717, 1.165) is 39.9 Å². The smallest absolute Gasteiger partial charge is 0.213 e. The average Bonchev–Trinajstić information content (AvgIpc) is 4.00. The van der Waals surface area contributed by atoms with Crippen molar-refractivity contribution in [2.75, 3.05) is 13.2 Å². The van der Waals surface area contributed by atoms with Gasteiger partial charge in [-0.15, -0.1) is 5.10 Å². The Labute approximate surface area is 370 Å². The van der Waals surface area contributed by atoms with E-state index in [0.29, 0.717) is 32.7 Å². The van der Waals surface area contributed by atoms with Crippen LogP contribution in [-0.4, -0.2) is 63.2 Å². The van der Waals surface area contributed by atoms with Gasteiger partial charge in [0.25, 0.3) is 0 Å². The van der Waals surface area contributed by atoms with Crippen LogP contribution < -0.4 is 0 Å². The van der Waals surface area contributed by atoms with Gasteiger partial charge in [-0.1, -0.05) is 157 Å². The number of benzene rings is 6. The van der Waals surface area contributed by atoms with Crippen LogP contribution in [0.25, 0.3) is 11.3 Å². The van der Waals surface area contributed by atoms with Crippen LogP contribution in [0.15, 0.2) is 170 Å². The second kappa shape index (κ2) is 20.2. The molecule has 0 saturated carbocycles. The Morgan fingerprint density at radius 2 is 1.14 bits per heavy atom. The summed E-state index contributed by atoms with van der Waals surface area (Å²) < 4.78 is 80.4. The minimum absolute atomic E-state index is 0.0163. The summed E-state index contributed by atoms with van der Waals surface area (Å²) in [6, 6.07) is 50.7. The lowest BCUT2D eigenvalue weighted by atomic mass is 9.84. The van der Waals surface area contributed by atoms with Crippen LogP contribution in [0.4, 0.5) is 13.2 Å². The lowest BCUT2D eigenvalue weighted by Gasteiger charge is -2.54. The van der Waals surface area contributed by atoms with E-state index in [-0.39, 0.29) is 37.1 Å². The first-order valence-corrected chi connectivity index (χ1v) is 21.6. The third kappa shape index (κ3) is 9.88. The topological polar surface area (TPSA) is 80.1 Å². The van der Waals surface area contributed by atoms with Gasteiger partial charge >= 0.3 is 0 Å². The van der Waals surface area contributed by atoms with Gasteiger partial charge in [0.15, 0.2) is 17.5 Å². The van der Waals surface area contributed by atoms with Gasteiger partial charge in [0.2, 0.25) is 5.79 Å². The number of nitrogens with zero attached hydrogens (tertiary/aromatic N) is 4. The lowest BCUT2D eigenvalue weighted by Crippen LogP contribution is -2.69. The van der Waals surface area contributed by atoms with Gasteiger partial charge in [0.05, 0.1) is 45.3 Å². The molecule has 1 aromatic heterocycles. The Morgan fingerprint density at radius 1 is 0.641 bits per heavy atom. The fourth-order valence-electron chi connectivity index (χ4n) is 8.85. The van der Waals surface area contributed by atoms with Crippen LogP contribution in [0.5, 0.6) is 0 Å². The molecule has 0 radical (unpaired) electrons. The number of hydrogen-bond donors (Lipinski definition) is 0. The largest absolute Gasteiger partial charge is 0.374 e. The molecule has 2 fully saturated rings. The maximum Gasteiger partial charge on any atom is 0.213 e. The van der Waals surface area contributed by atoms with Crippen molar-refractivity contribution >= 4 is 0 Å². The molecule has 0 amide bonds. The highest BCUT2D eigenvalue weighted by atomic mass is 19.2. The van der Waals surface area contributed by atoms with Crippen molar-refractivity contribution in [3.05, 3.63) is 215 Å². The fourth-order valence-corrected chi connectivity index (χ4v) is 8.85. The number of halogens is 3. The maximum atomic E-state index is 14.7. The van der Waals surface area contributed by atoms with E-state index in [1.165, 1.54) is 0 Å². The Bertz CT molecular complexity index is 2480. The zero-order chi connectivity index (χ0) is 43.7. The van der Waals surface area contributed by atoms with Crippen LogP contribution in [0.3, 0.4) is 0 Å². The molecule has 2 aliphatic heterocycles. The zero-order valence-electron chi connectivity index (χ0n) is 35.2. The van der Waals surface area contributed by atoms with Crippen molar-refractivity contribution in [3.8, 4) is 11.3 Å². The van der Waals surface area contributed by atoms with Crippen molar-refractivity contribution in [3.63, 3.8) is 0 Å². The Morgan fingerprint density at radius 3 is 1.69 bits per heavy atom. The quantitative estimate of drug-likeness (QED) is 0.0838. The van der Waals surface area contributed by atoms with Crippen LogP contribution in [0.2, 0.25) is 0 Å². The van der Waals surface area contributed by atoms with Gasteiger partial charge in [-0.25, -0.2) is 17.9 Å². The highest BCUT2D eigenvalue weighted by molar-refractivity contribution is 5.58. The fraction of sp³-hybridized carbons (Fsp3) is 0.269. The van der Waals surface area contributed by atoms with E-state index in [4.69, 9.17) is 23.7 Å². The molecule has 64 heavy (non-hydrogen) atoms. The molecule has 3 heterocycles. The highest BCUT2D eigenvalue weighted by Crippen LogP contribution is 2.48. The second-order valence-corrected chi connectivity index (χ2v) is 16.2. The highest BCUT2D eigenvalue weighted by Gasteiger charge is 2.64. The summed E-state index contributed by atoms with van der Waals surface area (Å²) in [5.74, 6) is -5.68. The molecule has 0 N–H and O–H groups in total. The van der Waals surface area contributed by atoms with Crippen LogP contribution >= 0.6 is 0 Å². The van der Waals surface area contributed by atoms with E-state index in [2.05, 4.69) is 39.5 Å². The van der Waals surface area contributed by atoms with Crippen LogP contribution in [0.1, 0.15) is 40.3 Å². The Balaban J connectivity index is 1.19. The average molecular weight is 867 g/mol. The van der Waals surface area contributed by atoms with Gasteiger partial charge in [-0.3, -0.25) is 4.90 Å². The predicted molar refractivity (Wildman–Crippen MR) is 235 cm³/mol. The van der Waals surface area contributed by atoms with Gasteiger partial charge in [0.1, 0.15) is 30.0 Å². The van der Waals surface area contributed by atoms with Crippen molar-refractivity contribution in [1.29, 1.82) is 0 Å². The molecule has 12 heteroatoms. The van der Waals surface area contributed by atoms with Crippen molar-refractivity contribution < 1.29 is 36.9 Å². The summed E-state index contributed by atoms with van der Waals surface area (Å²) in [5.41, 5.74) is 5.20. The molecule has 1 spiro atoms. The van der Waals surface area contributed by atoms with Gasteiger partial charge in [-0.05, 0) is 46.4 Å². The normalized spacial score (nSPS) is 22.0. The molecule has 2 saturated heterocycles. The molecule has 2 aliphatic rings. The van der Waals surface area contributed by atoms with Crippen molar-refractivity contribution in [2.45, 2.75) is 75.5 Å². The van der Waals surface area contributed by atoms with Crippen LogP contribution in [0, 0.1) is 17.5 Å². The molecule has 9 rings (SSSR count). The summed E-state index contributed by atoms with van der Waals surface area (Å²) in [7, 11) is 0. The second-order valence-electron chi connectivity index (χ2n) is 16.2. The molecular weight excluding hydrogens is 818 g/mol. The van der Waals surface area contributed by atoms with Crippen molar-refractivity contribution in [1.82, 2.24) is 19.9 Å². The standard InChI is InChI=1S/C52H49F3N4O5/c53-43-28-42(29-44(54)48(43)55)45-32-59(57-56-45)49-50(61-34-40-22-12-4-13-23-40)46(36-60-33-39-20-10-3-11-21-39)64-52(51(49)62-35-41-24-14-5-15-25-41)47(26-27-63-52)58(30-37-16-6-1-7-17-37)31-38-18-8-2-9-19-38/h1-25,28-29,32,46-47,49-51H,26-27,30-31,33-36H2. The van der Waals surface area contributed by atoms with E-state index in [1.807, 2.05) is 127 Å². The SMILES string of the molecule is Fc1cc(-c2cn(C3C(OCc4ccccc4)C(COCc4ccccc4)OC4(OCCC4N(Cc4ccccc4)Cc4ccccc4)C3OCc3ccccc3)nn2)cc(F)c1F. The number of ether oxygens (including phenoxy) is 5. The maximum absolute atomic E-state index is 14.7. The predicted octanol–water partition coefficient (Wildman–Crippen LogP) is 9.88. The molecule has 6 atom stereocenters. The summed E-state index contributed by atoms with van der Waals surface area (Å²) in [5, 5.41) is 9.04. The van der Waals surface area contributed by atoms with Crippen LogP contribution in [-0.2, 0) is 56.6 Å². The van der Waals surface area contributed by atoms with Gasteiger partial charge in [0, 0.05) is 18.7 Å². The Kier molecular flexibility index (Phi) is 13.7. The number of rotatable bonds is 17. The molecular formula is C52H49F3N4O5. The zero-order valence-corrected chi connectivity index (χ0v) is 35.2. The van der Waals surface area contributed by atoms with E-state index < -0.39 is 47.6 Å². The van der Waals surface area contributed by atoms with Gasteiger partial charge < -0.3 is 23.7 Å². The van der Waals surface area contributed by atoms with E-state index in [1.54, 1.807) is 10.9 Å². The third-order valence-electron chi connectivity index (χ3n) is 11.9. The van der Waals surface area contributed by atoms with Crippen molar-refractivity contribution in [2.24, 2.45) is 0 Å². The summed E-state index contributed by atoms with van der Waals surface area (Å²) in [6.45, 7) is 2.29. The Hall–Kier alpha value is -5.99. The van der Waals surface area contributed by atoms with E-state index >= 15 is 0 Å². The monoisotopic (exact) mass is 866 g/mol. The summed E-state index contributed by atoms with van der Waals surface area (Å²) >= 11 is 0. The molecule has 0 bridgehead atoms. The summed E-state index contributed by atoms with van der Waals surface area (Å²) in [4.78, 5) is 2.39. The number of aromatic nitrogens is 3. The first-order chi connectivity index (χ1) is 31.4. The van der Waals surface area contributed by atoms with E-state index in [9.17, 15) is 13.2 Å². The first-order valence-electron chi connectivity index (χ1n) is 21.6. The molecule has 9 nitrogen and oxygen atoms in total. The molecule has 6 aromatic carbocycles.